The van der Waals surface area contributed by atoms with Crippen LogP contribution in [0.1, 0.15) is 41.7 Å². The quantitative estimate of drug-likeness (QED) is 0.591. The van der Waals surface area contributed by atoms with Crippen LogP contribution in [-0.4, -0.2) is 62.9 Å². The van der Waals surface area contributed by atoms with Crippen molar-refractivity contribution in [2.24, 2.45) is 0 Å². The fourth-order valence-electron chi connectivity index (χ4n) is 3.70. The van der Waals surface area contributed by atoms with E-state index >= 15 is 0 Å². The maximum Gasteiger partial charge on any atom is 0.272 e. The van der Waals surface area contributed by atoms with Gasteiger partial charge in [0.15, 0.2) is 5.69 Å². The highest BCUT2D eigenvalue weighted by atomic mass is 16.5. The van der Waals surface area contributed by atoms with Crippen molar-refractivity contribution in [3.63, 3.8) is 0 Å². The van der Waals surface area contributed by atoms with Gasteiger partial charge >= 0.3 is 0 Å². The number of hydrogen-bond donors (Lipinski definition) is 2. The average molecular weight is 398 g/mol. The van der Waals surface area contributed by atoms with Gasteiger partial charge in [-0.15, -0.1) is 0 Å². The second-order valence-electron chi connectivity index (χ2n) is 7.35. The lowest BCUT2D eigenvalue weighted by Crippen LogP contribution is -2.39. The van der Waals surface area contributed by atoms with Gasteiger partial charge < -0.3 is 19.8 Å². The van der Waals surface area contributed by atoms with Crippen molar-refractivity contribution in [1.82, 2.24) is 29.8 Å². The van der Waals surface area contributed by atoms with E-state index in [0.29, 0.717) is 30.4 Å². The van der Waals surface area contributed by atoms with Crippen LogP contribution in [0.25, 0.3) is 17.0 Å². The van der Waals surface area contributed by atoms with Gasteiger partial charge in [0.1, 0.15) is 6.33 Å². The van der Waals surface area contributed by atoms with Gasteiger partial charge in [-0.05, 0) is 38.2 Å². The molecule has 0 aromatic carbocycles. The van der Waals surface area contributed by atoms with Crippen molar-refractivity contribution in [2.45, 2.75) is 44.8 Å². The highest BCUT2D eigenvalue weighted by Crippen LogP contribution is 2.23. The molecule has 0 bridgehead atoms. The molecule has 3 heterocycles. The van der Waals surface area contributed by atoms with E-state index in [9.17, 15) is 4.79 Å². The third kappa shape index (κ3) is 4.30. The van der Waals surface area contributed by atoms with Crippen molar-refractivity contribution < 1.29 is 14.3 Å². The molecule has 9 heteroatoms. The van der Waals surface area contributed by atoms with Crippen LogP contribution < -0.4 is 5.32 Å². The molecule has 1 fully saturated rings. The minimum atomic E-state index is -0.190. The Morgan fingerprint density at radius 1 is 1.28 bits per heavy atom. The van der Waals surface area contributed by atoms with Crippen molar-refractivity contribution in [3.8, 4) is 5.95 Å². The maximum absolute atomic E-state index is 13.1. The number of H-pyrrole nitrogens is 1. The van der Waals surface area contributed by atoms with Crippen LogP contribution in [0.4, 0.5) is 0 Å². The van der Waals surface area contributed by atoms with Crippen molar-refractivity contribution in [3.05, 3.63) is 36.2 Å². The van der Waals surface area contributed by atoms with Crippen LogP contribution in [0.15, 0.2) is 24.9 Å². The van der Waals surface area contributed by atoms with Crippen LogP contribution in [-0.2, 0) is 9.47 Å². The Labute approximate surface area is 168 Å². The van der Waals surface area contributed by atoms with E-state index < -0.39 is 0 Å². The molecule has 0 unspecified atom stereocenters. The van der Waals surface area contributed by atoms with Crippen molar-refractivity contribution in [2.75, 3.05) is 20.3 Å². The first kappa shape index (κ1) is 19.5. The topological polar surface area (TPSA) is 107 Å². The van der Waals surface area contributed by atoms with Crippen LogP contribution in [0.3, 0.4) is 0 Å². The van der Waals surface area contributed by atoms with Gasteiger partial charge in [0.2, 0.25) is 5.95 Å². The number of amides is 1. The molecule has 3 aromatic heterocycles. The molecular formula is C20H26N6O3. The number of carbonyl (C=O) groups is 1. The van der Waals surface area contributed by atoms with Crippen LogP contribution in [0.2, 0.25) is 0 Å². The summed E-state index contributed by atoms with van der Waals surface area (Å²) in [7, 11) is 1.67. The SMILES string of the molecule is COCCO[C@H]1CC[C@H](NC(=O)c2nc(-n3ccnc3)nc3c(C)c[nH]c23)CC1. The third-order valence-corrected chi connectivity index (χ3v) is 5.30. The third-order valence-electron chi connectivity index (χ3n) is 5.30. The molecule has 2 N–H and O–H groups in total. The Morgan fingerprint density at radius 3 is 2.83 bits per heavy atom. The summed E-state index contributed by atoms with van der Waals surface area (Å²) in [4.78, 5) is 29.3. The fourth-order valence-corrected chi connectivity index (χ4v) is 3.70. The molecule has 154 valence electrons. The molecule has 29 heavy (non-hydrogen) atoms. The molecule has 0 spiro atoms. The number of carbonyl (C=O) groups excluding carboxylic acids is 1. The van der Waals surface area contributed by atoms with E-state index in [-0.39, 0.29) is 18.1 Å². The van der Waals surface area contributed by atoms with Crippen molar-refractivity contribution >= 4 is 16.9 Å². The number of imidazole rings is 1. The molecular weight excluding hydrogens is 372 g/mol. The average Bonchev–Trinajstić information content (AvgIpc) is 3.39. The Morgan fingerprint density at radius 2 is 2.10 bits per heavy atom. The van der Waals surface area contributed by atoms with Gasteiger partial charge in [-0.25, -0.2) is 15.0 Å². The lowest BCUT2D eigenvalue weighted by atomic mass is 9.93. The Balaban J connectivity index is 1.48. The summed E-state index contributed by atoms with van der Waals surface area (Å²) in [5, 5.41) is 3.14. The normalized spacial score (nSPS) is 19.5. The Bertz CT molecular complexity index is 960. The Kier molecular flexibility index (Phi) is 5.86. The first-order valence-electron chi connectivity index (χ1n) is 9.91. The molecule has 0 aliphatic heterocycles. The lowest BCUT2D eigenvalue weighted by Gasteiger charge is -2.29. The molecule has 1 aliphatic rings. The summed E-state index contributed by atoms with van der Waals surface area (Å²) < 4.78 is 12.5. The molecule has 3 aromatic rings. The lowest BCUT2D eigenvalue weighted by molar-refractivity contribution is -0.00409. The fraction of sp³-hybridized carbons (Fsp3) is 0.500. The summed E-state index contributed by atoms with van der Waals surface area (Å²) in [6.07, 6.45) is 10.7. The highest BCUT2D eigenvalue weighted by molar-refractivity contribution is 6.03. The number of methoxy groups -OCH3 is 1. The maximum atomic E-state index is 13.1. The second-order valence-corrected chi connectivity index (χ2v) is 7.35. The monoisotopic (exact) mass is 398 g/mol. The Hall–Kier alpha value is -2.78. The molecule has 1 saturated carbocycles. The minimum Gasteiger partial charge on any atom is -0.382 e. The number of ether oxygens (including phenoxy) is 2. The first-order valence-corrected chi connectivity index (χ1v) is 9.91. The standard InChI is InChI=1S/C20H26N6O3/c1-13-11-22-17-16(13)24-20(26-8-7-21-12-26)25-18(17)19(27)23-14-3-5-15(6-4-14)29-10-9-28-2/h7-8,11-12,14-15,22H,3-6,9-10H2,1-2H3,(H,23,27)/t14-,15-. The number of aryl methyl sites for hydroxylation is 1. The van der Waals surface area contributed by atoms with Gasteiger partial charge in [-0.3, -0.25) is 9.36 Å². The zero-order valence-electron chi connectivity index (χ0n) is 16.7. The van der Waals surface area contributed by atoms with Gasteiger partial charge in [0.05, 0.1) is 30.4 Å². The predicted molar refractivity (Wildman–Crippen MR) is 107 cm³/mol. The van der Waals surface area contributed by atoms with E-state index in [1.54, 1.807) is 30.4 Å². The van der Waals surface area contributed by atoms with E-state index in [1.165, 1.54) is 0 Å². The molecule has 1 aliphatic carbocycles. The molecule has 4 rings (SSSR count). The summed E-state index contributed by atoms with van der Waals surface area (Å²) in [6, 6.07) is 0.113. The van der Waals surface area contributed by atoms with E-state index in [1.807, 2.05) is 13.1 Å². The van der Waals surface area contributed by atoms with Crippen LogP contribution in [0.5, 0.6) is 0 Å². The van der Waals surface area contributed by atoms with E-state index in [0.717, 1.165) is 36.8 Å². The molecule has 9 nitrogen and oxygen atoms in total. The van der Waals surface area contributed by atoms with Crippen LogP contribution >= 0.6 is 0 Å². The van der Waals surface area contributed by atoms with Gasteiger partial charge in [-0.1, -0.05) is 0 Å². The first-order chi connectivity index (χ1) is 14.2. The number of aromatic amines is 1. The van der Waals surface area contributed by atoms with E-state index in [2.05, 4.69) is 25.3 Å². The highest BCUT2D eigenvalue weighted by Gasteiger charge is 2.25. The number of nitrogens with one attached hydrogen (secondary N) is 2. The largest absolute Gasteiger partial charge is 0.382 e. The molecule has 0 atom stereocenters. The van der Waals surface area contributed by atoms with Gasteiger partial charge in [0, 0.05) is 31.7 Å². The summed E-state index contributed by atoms with van der Waals surface area (Å²) in [5.74, 6) is 0.238. The number of rotatable bonds is 7. The predicted octanol–water partition coefficient (Wildman–Crippen LogP) is 2.16. The van der Waals surface area contributed by atoms with Gasteiger partial charge in [0.25, 0.3) is 5.91 Å². The molecule has 0 radical (unpaired) electrons. The van der Waals surface area contributed by atoms with Crippen LogP contribution in [0, 0.1) is 6.92 Å². The molecule has 0 saturated heterocycles. The van der Waals surface area contributed by atoms with E-state index in [4.69, 9.17) is 9.47 Å². The number of hydrogen-bond acceptors (Lipinski definition) is 6. The zero-order valence-corrected chi connectivity index (χ0v) is 16.7. The minimum absolute atomic E-state index is 0.113. The molecule has 1 amide bonds. The number of fused-ring (bicyclic) bond motifs is 1. The second kappa shape index (κ2) is 8.71. The summed E-state index contributed by atoms with van der Waals surface area (Å²) in [5.41, 5.74) is 2.71. The summed E-state index contributed by atoms with van der Waals surface area (Å²) >= 11 is 0. The summed E-state index contributed by atoms with van der Waals surface area (Å²) in [6.45, 7) is 3.17. The number of aromatic nitrogens is 5. The van der Waals surface area contributed by atoms with Gasteiger partial charge in [-0.2, -0.15) is 0 Å². The van der Waals surface area contributed by atoms with Crippen molar-refractivity contribution in [1.29, 1.82) is 0 Å². The zero-order chi connectivity index (χ0) is 20.2. The smallest absolute Gasteiger partial charge is 0.272 e. The number of nitrogens with zero attached hydrogens (tertiary/aromatic N) is 4.